The van der Waals surface area contributed by atoms with E-state index in [1.165, 1.54) is 0 Å². The van der Waals surface area contributed by atoms with Crippen molar-refractivity contribution in [3.05, 3.63) is 53.6 Å². The molecule has 2 aromatic rings. The number of carbonyl (C=O) groups is 1. The van der Waals surface area contributed by atoms with Gasteiger partial charge in [0.1, 0.15) is 5.75 Å². The van der Waals surface area contributed by atoms with Gasteiger partial charge < -0.3 is 19.3 Å². The summed E-state index contributed by atoms with van der Waals surface area (Å²) in [5.74, 6) is 0.293. The minimum atomic E-state index is -0.881. The van der Waals surface area contributed by atoms with Crippen molar-refractivity contribution in [1.82, 2.24) is 0 Å². The first-order valence-electron chi connectivity index (χ1n) is 7.16. The lowest BCUT2D eigenvalue weighted by Gasteiger charge is -2.15. The van der Waals surface area contributed by atoms with Gasteiger partial charge in [0, 0.05) is 0 Å². The first kappa shape index (κ1) is 16.7. The van der Waals surface area contributed by atoms with Gasteiger partial charge in [0.25, 0.3) is 0 Å². The second kappa shape index (κ2) is 7.54. The second-order valence-corrected chi connectivity index (χ2v) is 5.06. The van der Waals surface area contributed by atoms with Crippen molar-refractivity contribution < 1.29 is 24.1 Å². The number of carboxylic acids is 1. The first-order valence-corrected chi connectivity index (χ1v) is 7.16. The predicted octanol–water partition coefficient (Wildman–Crippen LogP) is 3.12. The van der Waals surface area contributed by atoms with Gasteiger partial charge in [-0.3, -0.25) is 4.79 Å². The molecule has 0 aliphatic rings. The zero-order valence-corrected chi connectivity index (χ0v) is 13.4. The predicted molar refractivity (Wildman–Crippen MR) is 86.6 cm³/mol. The minimum absolute atomic E-state index is 0.350. The molecular formula is C18H20O5. The highest BCUT2D eigenvalue weighted by Gasteiger charge is 2.21. The Morgan fingerprint density at radius 1 is 1.00 bits per heavy atom. The van der Waals surface area contributed by atoms with E-state index in [4.69, 9.17) is 14.2 Å². The van der Waals surface area contributed by atoms with Gasteiger partial charge in [-0.1, -0.05) is 18.2 Å². The van der Waals surface area contributed by atoms with Crippen LogP contribution in [0.2, 0.25) is 0 Å². The van der Waals surface area contributed by atoms with Gasteiger partial charge in [-0.25, -0.2) is 0 Å². The summed E-state index contributed by atoms with van der Waals surface area (Å²) >= 11 is 0. The molecule has 0 radical (unpaired) electrons. The van der Waals surface area contributed by atoms with Gasteiger partial charge >= 0.3 is 5.97 Å². The zero-order chi connectivity index (χ0) is 16.8. The van der Waals surface area contributed by atoms with Gasteiger partial charge in [-0.2, -0.15) is 0 Å². The molecule has 2 rings (SSSR count). The average molecular weight is 316 g/mol. The third kappa shape index (κ3) is 3.94. The number of aliphatic carboxylic acids is 1. The van der Waals surface area contributed by atoms with E-state index >= 15 is 0 Å². The van der Waals surface area contributed by atoms with E-state index in [0.29, 0.717) is 29.2 Å². The van der Waals surface area contributed by atoms with E-state index in [2.05, 4.69) is 0 Å². The van der Waals surface area contributed by atoms with E-state index < -0.39 is 11.9 Å². The van der Waals surface area contributed by atoms with Crippen LogP contribution < -0.4 is 14.2 Å². The maximum absolute atomic E-state index is 11.7. The van der Waals surface area contributed by atoms with Crippen LogP contribution in [0.5, 0.6) is 17.2 Å². The van der Waals surface area contributed by atoms with Crippen molar-refractivity contribution >= 4 is 5.97 Å². The van der Waals surface area contributed by atoms with E-state index in [1.807, 2.05) is 6.07 Å². The zero-order valence-electron chi connectivity index (χ0n) is 13.4. The summed E-state index contributed by atoms with van der Waals surface area (Å²) in [5, 5.41) is 9.58. The Hall–Kier alpha value is -2.69. The molecule has 0 saturated carbocycles. The number of carboxylic acid groups (broad SMARTS) is 1. The van der Waals surface area contributed by atoms with Crippen LogP contribution in [0, 0.1) is 0 Å². The highest BCUT2D eigenvalue weighted by atomic mass is 16.5. The summed E-state index contributed by atoms with van der Waals surface area (Å²) in [6, 6.07) is 12.5. The fourth-order valence-electron chi connectivity index (χ4n) is 2.45. The summed E-state index contributed by atoms with van der Waals surface area (Å²) in [6.45, 7) is 0. The molecule has 0 aromatic heterocycles. The van der Waals surface area contributed by atoms with Crippen molar-refractivity contribution in [3.8, 4) is 17.2 Å². The quantitative estimate of drug-likeness (QED) is 0.850. The van der Waals surface area contributed by atoms with Gasteiger partial charge in [0.15, 0.2) is 11.5 Å². The van der Waals surface area contributed by atoms with Crippen LogP contribution in [0.15, 0.2) is 42.5 Å². The molecule has 0 spiro atoms. The molecule has 0 amide bonds. The summed E-state index contributed by atoms with van der Waals surface area (Å²) in [6.07, 6.45) is 0.350. The van der Waals surface area contributed by atoms with E-state index in [9.17, 15) is 9.90 Å². The highest BCUT2D eigenvalue weighted by Crippen LogP contribution is 2.31. The maximum atomic E-state index is 11.7. The molecule has 5 heteroatoms. The Morgan fingerprint density at radius 3 is 2.35 bits per heavy atom. The van der Waals surface area contributed by atoms with Crippen molar-refractivity contribution in [2.24, 2.45) is 0 Å². The number of benzene rings is 2. The van der Waals surface area contributed by atoms with Crippen molar-refractivity contribution in [2.75, 3.05) is 21.3 Å². The standard InChI is InChI=1S/C18H20O5/c1-21-14-6-4-5-13(11-14)15(18(19)20)9-12-7-8-16(22-2)17(10-12)23-3/h4-8,10-11,15H,9H2,1-3H3,(H,19,20). The molecule has 0 aliphatic carbocycles. The monoisotopic (exact) mass is 316 g/mol. The van der Waals surface area contributed by atoms with E-state index in [-0.39, 0.29) is 0 Å². The molecule has 5 nitrogen and oxygen atoms in total. The molecule has 1 N–H and O–H groups in total. The fraction of sp³-hybridized carbons (Fsp3) is 0.278. The number of hydrogen-bond donors (Lipinski definition) is 1. The Bertz CT molecular complexity index is 681. The SMILES string of the molecule is COc1cccc(C(Cc2ccc(OC)c(OC)c2)C(=O)O)c1. The number of hydrogen-bond acceptors (Lipinski definition) is 4. The van der Waals surface area contributed by atoms with E-state index in [1.54, 1.807) is 57.7 Å². The molecule has 0 bridgehead atoms. The fourth-order valence-corrected chi connectivity index (χ4v) is 2.45. The smallest absolute Gasteiger partial charge is 0.311 e. The molecule has 1 unspecified atom stereocenters. The van der Waals surface area contributed by atoms with Crippen molar-refractivity contribution in [3.63, 3.8) is 0 Å². The third-order valence-electron chi connectivity index (χ3n) is 3.68. The largest absolute Gasteiger partial charge is 0.497 e. The average Bonchev–Trinajstić information content (AvgIpc) is 2.59. The number of methoxy groups -OCH3 is 3. The third-order valence-corrected chi connectivity index (χ3v) is 3.68. The molecule has 1 atom stereocenters. The molecule has 2 aromatic carbocycles. The molecule has 23 heavy (non-hydrogen) atoms. The van der Waals surface area contributed by atoms with Crippen LogP contribution in [0.1, 0.15) is 17.0 Å². The van der Waals surface area contributed by atoms with Gasteiger partial charge in [0.2, 0.25) is 0 Å². The number of ether oxygens (including phenoxy) is 3. The van der Waals surface area contributed by atoms with Gasteiger partial charge in [-0.15, -0.1) is 0 Å². The number of rotatable bonds is 7. The Morgan fingerprint density at radius 2 is 1.74 bits per heavy atom. The first-order chi connectivity index (χ1) is 11.1. The van der Waals surface area contributed by atoms with Crippen LogP contribution in [-0.2, 0) is 11.2 Å². The highest BCUT2D eigenvalue weighted by molar-refractivity contribution is 5.76. The summed E-state index contributed by atoms with van der Waals surface area (Å²) in [4.78, 5) is 11.7. The molecule has 122 valence electrons. The van der Waals surface area contributed by atoms with Crippen LogP contribution in [0.25, 0.3) is 0 Å². The lowest BCUT2D eigenvalue weighted by atomic mass is 9.92. The van der Waals surface area contributed by atoms with Crippen molar-refractivity contribution in [1.29, 1.82) is 0 Å². The Labute approximate surface area is 135 Å². The second-order valence-electron chi connectivity index (χ2n) is 5.06. The van der Waals surface area contributed by atoms with Crippen LogP contribution in [-0.4, -0.2) is 32.4 Å². The summed E-state index contributed by atoms with van der Waals surface area (Å²) in [7, 11) is 4.68. The van der Waals surface area contributed by atoms with Crippen LogP contribution in [0.4, 0.5) is 0 Å². The van der Waals surface area contributed by atoms with Gasteiger partial charge in [-0.05, 0) is 41.8 Å². The van der Waals surface area contributed by atoms with Crippen LogP contribution >= 0.6 is 0 Å². The minimum Gasteiger partial charge on any atom is -0.497 e. The molecule has 0 heterocycles. The maximum Gasteiger partial charge on any atom is 0.311 e. The van der Waals surface area contributed by atoms with Gasteiger partial charge in [0.05, 0.1) is 27.2 Å². The Balaban J connectivity index is 2.31. The molecule has 0 fully saturated rings. The van der Waals surface area contributed by atoms with Crippen LogP contribution in [0.3, 0.4) is 0 Å². The lowest BCUT2D eigenvalue weighted by Crippen LogP contribution is -2.14. The molecule has 0 saturated heterocycles. The Kier molecular flexibility index (Phi) is 5.46. The molecular weight excluding hydrogens is 296 g/mol. The topological polar surface area (TPSA) is 65.0 Å². The lowest BCUT2D eigenvalue weighted by molar-refractivity contribution is -0.138. The van der Waals surface area contributed by atoms with E-state index in [0.717, 1.165) is 5.56 Å². The summed E-state index contributed by atoms with van der Waals surface area (Å²) < 4.78 is 15.6. The normalized spacial score (nSPS) is 11.6. The summed E-state index contributed by atoms with van der Waals surface area (Å²) in [5.41, 5.74) is 1.56. The van der Waals surface area contributed by atoms with Crippen molar-refractivity contribution in [2.45, 2.75) is 12.3 Å². The molecule has 0 aliphatic heterocycles.